The van der Waals surface area contributed by atoms with E-state index in [0.717, 1.165) is 5.69 Å². The predicted octanol–water partition coefficient (Wildman–Crippen LogP) is 1.39. The van der Waals surface area contributed by atoms with Crippen LogP contribution in [0, 0.1) is 6.92 Å². The van der Waals surface area contributed by atoms with E-state index in [-0.39, 0.29) is 11.4 Å². The maximum Gasteiger partial charge on any atom is 0.341 e. The first-order valence-corrected chi connectivity index (χ1v) is 6.41. The highest BCUT2D eigenvalue weighted by atomic mass is 16.5. The fourth-order valence-electron chi connectivity index (χ4n) is 2.12. The summed E-state index contributed by atoms with van der Waals surface area (Å²) in [4.78, 5) is 19.4. The predicted molar refractivity (Wildman–Crippen MR) is 78.9 cm³/mol. The Balaban J connectivity index is 2.16. The number of rotatable bonds is 3. The van der Waals surface area contributed by atoms with Gasteiger partial charge in [-0.1, -0.05) is 0 Å². The molecule has 0 saturated heterocycles. The van der Waals surface area contributed by atoms with Gasteiger partial charge in [-0.15, -0.1) is 0 Å². The lowest BCUT2D eigenvalue weighted by molar-refractivity contribution is 0.0692. The van der Waals surface area contributed by atoms with Crippen LogP contribution in [-0.2, 0) is 0 Å². The molecule has 0 spiro atoms. The number of carboxylic acid groups (broad SMARTS) is 1. The van der Waals surface area contributed by atoms with Crippen molar-refractivity contribution >= 4 is 17.4 Å². The number of hydrogen-bond acceptors (Lipinski definition) is 6. The molecule has 0 fully saturated rings. The summed E-state index contributed by atoms with van der Waals surface area (Å²) in [7, 11) is 1.37. The Morgan fingerprint density at radius 3 is 2.86 bits per heavy atom. The molecule has 0 radical (unpaired) electrons. The summed E-state index contributed by atoms with van der Waals surface area (Å²) in [6.45, 7) is 1.81. The van der Waals surface area contributed by atoms with E-state index >= 15 is 0 Å². The first kappa shape index (κ1) is 13.8. The Bertz CT molecular complexity index is 888. The summed E-state index contributed by atoms with van der Waals surface area (Å²) in [5, 5.41) is 13.6. The molecule has 22 heavy (non-hydrogen) atoms. The van der Waals surface area contributed by atoms with Gasteiger partial charge in [-0.05, 0) is 25.1 Å². The molecule has 0 atom stereocenters. The van der Waals surface area contributed by atoms with Crippen molar-refractivity contribution in [3.05, 3.63) is 35.7 Å². The number of aromatic carboxylic acids is 1. The molecule has 112 valence electrons. The van der Waals surface area contributed by atoms with Crippen molar-refractivity contribution in [2.24, 2.45) is 0 Å². The van der Waals surface area contributed by atoms with Gasteiger partial charge in [-0.3, -0.25) is 0 Å². The largest absolute Gasteiger partial charge is 0.480 e. The molecule has 0 aliphatic rings. The fourth-order valence-corrected chi connectivity index (χ4v) is 2.12. The van der Waals surface area contributed by atoms with Crippen LogP contribution in [-0.4, -0.2) is 37.8 Å². The minimum Gasteiger partial charge on any atom is -0.480 e. The first-order valence-electron chi connectivity index (χ1n) is 6.41. The van der Waals surface area contributed by atoms with Gasteiger partial charge in [0.1, 0.15) is 11.4 Å². The zero-order valence-electron chi connectivity index (χ0n) is 11.9. The van der Waals surface area contributed by atoms with Gasteiger partial charge < -0.3 is 15.6 Å². The lowest BCUT2D eigenvalue weighted by Crippen LogP contribution is -2.04. The number of aromatic nitrogens is 4. The number of imidazole rings is 1. The number of ether oxygens (including phenoxy) is 1. The molecule has 0 bridgehead atoms. The molecular weight excluding hydrogens is 286 g/mol. The number of nitrogen functional groups attached to an aromatic ring is 1. The lowest BCUT2D eigenvalue weighted by atomic mass is 10.1. The molecule has 0 saturated carbocycles. The van der Waals surface area contributed by atoms with E-state index in [9.17, 15) is 9.90 Å². The number of fused-ring (bicyclic) bond motifs is 1. The monoisotopic (exact) mass is 299 g/mol. The third-order valence-electron chi connectivity index (χ3n) is 3.31. The van der Waals surface area contributed by atoms with Crippen LogP contribution in [0.4, 0.5) is 5.82 Å². The van der Waals surface area contributed by atoms with E-state index in [4.69, 9.17) is 10.5 Å². The van der Waals surface area contributed by atoms with Gasteiger partial charge in [0.2, 0.25) is 5.88 Å². The summed E-state index contributed by atoms with van der Waals surface area (Å²) in [6.07, 6.45) is 1.51. The Hall–Kier alpha value is -3.16. The quantitative estimate of drug-likeness (QED) is 0.750. The normalized spacial score (nSPS) is 10.8. The van der Waals surface area contributed by atoms with Crippen LogP contribution in [0.5, 0.6) is 5.88 Å². The second-order valence-electron chi connectivity index (χ2n) is 4.66. The molecule has 8 nitrogen and oxygen atoms in total. The van der Waals surface area contributed by atoms with E-state index in [2.05, 4.69) is 15.1 Å². The molecule has 3 aromatic rings. The highest BCUT2D eigenvalue weighted by Gasteiger charge is 2.15. The van der Waals surface area contributed by atoms with Gasteiger partial charge in [0, 0.05) is 11.8 Å². The van der Waals surface area contributed by atoms with Crippen LogP contribution >= 0.6 is 0 Å². The molecule has 0 amide bonds. The van der Waals surface area contributed by atoms with Gasteiger partial charge in [0.25, 0.3) is 0 Å². The summed E-state index contributed by atoms with van der Waals surface area (Å²) >= 11 is 0. The van der Waals surface area contributed by atoms with Gasteiger partial charge in [-0.25, -0.2) is 19.3 Å². The van der Waals surface area contributed by atoms with Crippen molar-refractivity contribution in [2.75, 3.05) is 12.8 Å². The molecule has 3 aromatic heterocycles. The van der Waals surface area contributed by atoms with Gasteiger partial charge >= 0.3 is 5.97 Å². The second-order valence-corrected chi connectivity index (χ2v) is 4.66. The number of methoxy groups -OCH3 is 1. The Morgan fingerprint density at radius 1 is 1.41 bits per heavy atom. The standard InChI is InChI=1S/C14H13N5O3/c1-7-12(15)17-11-4-3-10(18-19(7)11)8-5-9(14(20)21)13(22-2)16-6-8/h3-6H,15H2,1-2H3,(H,20,21). The number of hydrogen-bond donors (Lipinski definition) is 2. The summed E-state index contributed by atoms with van der Waals surface area (Å²) < 4.78 is 6.55. The number of pyridine rings is 1. The van der Waals surface area contributed by atoms with Crippen LogP contribution in [0.3, 0.4) is 0 Å². The van der Waals surface area contributed by atoms with Crippen molar-refractivity contribution in [1.82, 2.24) is 19.6 Å². The molecule has 0 unspecified atom stereocenters. The topological polar surface area (TPSA) is 116 Å². The maximum atomic E-state index is 11.3. The lowest BCUT2D eigenvalue weighted by Gasteiger charge is -2.07. The van der Waals surface area contributed by atoms with E-state index in [0.29, 0.717) is 22.7 Å². The van der Waals surface area contributed by atoms with Crippen molar-refractivity contribution in [2.45, 2.75) is 6.92 Å². The summed E-state index contributed by atoms with van der Waals surface area (Å²) in [5.74, 6) is -0.653. The SMILES string of the molecule is COc1ncc(-c2ccc3nc(N)c(C)n3n2)cc1C(=O)O. The van der Waals surface area contributed by atoms with E-state index in [1.807, 2.05) is 0 Å². The average Bonchev–Trinajstić information content (AvgIpc) is 2.81. The zero-order valence-corrected chi connectivity index (χ0v) is 11.9. The maximum absolute atomic E-state index is 11.3. The molecule has 8 heteroatoms. The third-order valence-corrected chi connectivity index (χ3v) is 3.31. The van der Waals surface area contributed by atoms with Crippen molar-refractivity contribution in [3.63, 3.8) is 0 Å². The van der Waals surface area contributed by atoms with Crippen LogP contribution in [0.15, 0.2) is 24.4 Å². The Morgan fingerprint density at radius 2 is 2.18 bits per heavy atom. The molecule has 0 aromatic carbocycles. The van der Waals surface area contributed by atoms with Crippen LogP contribution in [0.2, 0.25) is 0 Å². The number of carboxylic acids is 1. The average molecular weight is 299 g/mol. The Labute approximate surface area is 125 Å². The van der Waals surface area contributed by atoms with Crippen LogP contribution in [0.1, 0.15) is 16.1 Å². The van der Waals surface area contributed by atoms with Gasteiger partial charge in [-0.2, -0.15) is 5.10 Å². The smallest absolute Gasteiger partial charge is 0.341 e. The number of carbonyl (C=O) groups is 1. The molecule has 3 rings (SSSR count). The molecule has 0 aliphatic carbocycles. The number of nitrogens with zero attached hydrogens (tertiary/aromatic N) is 4. The van der Waals surface area contributed by atoms with Crippen molar-refractivity contribution in [1.29, 1.82) is 0 Å². The van der Waals surface area contributed by atoms with Crippen molar-refractivity contribution in [3.8, 4) is 17.1 Å². The molecule has 0 aliphatic heterocycles. The summed E-state index contributed by atoms with van der Waals surface area (Å²) in [5.41, 5.74) is 8.21. The second kappa shape index (κ2) is 4.99. The Kier molecular flexibility index (Phi) is 3.13. The number of anilines is 1. The molecule has 3 N–H and O–H groups in total. The van der Waals surface area contributed by atoms with E-state index in [1.54, 1.807) is 23.6 Å². The van der Waals surface area contributed by atoms with E-state index < -0.39 is 5.97 Å². The highest BCUT2D eigenvalue weighted by molar-refractivity contribution is 5.91. The molecule has 3 heterocycles. The van der Waals surface area contributed by atoms with Gasteiger partial charge in [0.05, 0.1) is 18.5 Å². The number of aryl methyl sites for hydroxylation is 1. The third kappa shape index (κ3) is 2.10. The van der Waals surface area contributed by atoms with Crippen LogP contribution in [0.25, 0.3) is 16.9 Å². The summed E-state index contributed by atoms with van der Waals surface area (Å²) in [6, 6.07) is 4.96. The van der Waals surface area contributed by atoms with Crippen LogP contribution < -0.4 is 10.5 Å². The minimum absolute atomic E-state index is 0.0243. The molecular formula is C14H13N5O3. The van der Waals surface area contributed by atoms with E-state index in [1.165, 1.54) is 19.4 Å². The first-order chi connectivity index (χ1) is 10.5. The fraction of sp³-hybridized carbons (Fsp3) is 0.143. The highest BCUT2D eigenvalue weighted by Crippen LogP contribution is 2.24. The minimum atomic E-state index is -1.12. The van der Waals surface area contributed by atoms with Gasteiger partial charge in [0.15, 0.2) is 5.65 Å². The number of nitrogens with two attached hydrogens (primary N) is 1. The zero-order chi connectivity index (χ0) is 15.9. The van der Waals surface area contributed by atoms with Crippen molar-refractivity contribution < 1.29 is 14.6 Å².